The first-order valence-corrected chi connectivity index (χ1v) is 7.36. The summed E-state index contributed by atoms with van der Waals surface area (Å²) in [7, 11) is 1.73. The summed E-state index contributed by atoms with van der Waals surface area (Å²) >= 11 is 0. The van der Waals surface area contributed by atoms with Crippen molar-refractivity contribution < 1.29 is 4.74 Å². The fraction of sp³-hybridized carbons (Fsp3) is 0.800. The number of nitrogens with one attached hydrogen (secondary N) is 1. The molecule has 0 saturated heterocycles. The van der Waals surface area contributed by atoms with E-state index in [0.717, 1.165) is 18.5 Å². The molecule has 0 aliphatic carbocycles. The maximum Gasteiger partial charge on any atom is 0.0789 e. The minimum atomic E-state index is 0.0189. The van der Waals surface area contributed by atoms with E-state index in [4.69, 9.17) is 10.6 Å². The Balaban J connectivity index is 2.80. The summed E-state index contributed by atoms with van der Waals surface area (Å²) in [5, 5.41) is 4.63. The molecule has 0 fully saturated rings. The van der Waals surface area contributed by atoms with Crippen molar-refractivity contribution in [1.82, 2.24) is 15.2 Å². The summed E-state index contributed by atoms with van der Waals surface area (Å²) in [6, 6.07) is 2.53. The lowest BCUT2D eigenvalue weighted by molar-refractivity contribution is -0.0113. The summed E-state index contributed by atoms with van der Waals surface area (Å²) in [4.78, 5) is 0. The Morgan fingerprint density at radius 3 is 2.55 bits per heavy atom. The largest absolute Gasteiger partial charge is 0.379 e. The van der Waals surface area contributed by atoms with Gasteiger partial charge < -0.3 is 4.74 Å². The summed E-state index contributed by atoms with van der Waals surface area (Å²) in [5.41, 5.74) is 3.95. The van der Waals surface area contributed by atoms with E-state index in [2.05, 4.69) is 51.2 Å². The number of rotatable bonds is 7. The quantitative estimate of drug-likeness (QED) is 0.595. The van der Waals surface area contributed by atoms with Crippen LogP contribution in [0.4, 0.5) is 0 Å². The van der Waals surface area contributed by atoms with E-state index < -0.39 is 0 Å². The van der Waals surface area contributed by atoms with Crippen molar-refractivity contribution in [3.63, 3.8) is 0 Å². The molecule has 1 aromatic rings. The monoisotopic (exact) mass is 282 g/mol. The molecule has 3 N–H and O–H groups in total. The van der Waals surface area contributed by atoms with E-state index in [1.807, 2.05) is 10.9 Å². The first-order chi connectivity index (χ1) is 9.33. The van der Waals surface area contributed by atoms with Crippen LogP contribution in [0.3, 0.4) is 0 Å². The molecule has 1 aromatic heterocycles. The zero-order valence-corrected chi connectivity index (χ0v) is 13.7. The zero-order valence-electron chi connectivity index (χ0n) is 13.7. The van der Waals surface area contributed by atoms with E-state index in [-0.39, 0.29) is 17.6 Å². The highest BCUT2D eigenvalue weighted by molar-refractivity contribution is 5.04. The molecular formula is C15H30N4O. The van der Waals surface area contributed by atoms with Gasteiger partial charge in [-0.05, 0) is 24.8 Å². The van der Waals surface area contributed by atoms with E-state index in [1.165, 1.54) is 0 Å². The van der Waals surface area contributed by atoms with Gasteiger partial charge in [-0.15, -0.1) is 0 Å². The van der Waals surface area contributed by atoms with Crippen LogP contribution in [0.5, 0.6) is 0 Å². The van der Waals surface area contributed by atoms with Crippen LogP contribution in [0.2, 0.25) is 0 Å². The lowest BCUT2D eigenvalue weighted by atomic mass is 9.83. The molecular weight excluding hydrogens is 252 g/mol. The van der Waals surface area contributed by atoms with Gasteiger partial charge in [0, 0.05) is 25.8 Å². The van der Waals surface area contributed by atoms with Gasteiger partial charge in [-0.25, -0.2) is 0 Å². The van der Waals surface area contributed by atoms with E-state index in [0.29, 0.717) is 6.04 Å². The average molecular weight is 282 g/mol. The number of hydrogen-bond acceptors (Lipinski definition) is 4. The van der Waals surface area contributed by atoms with E-state index in [1.54, 1.807) is 7.11 Å². The maximum absolute atomic E-state index is 5.72. The number of hydrazine groups is 1. The number of nitrogens with zero attached hydrogens (tertiary/aromatic N) is 2. The van der Waals surface area contributed by atoms with Crippen LogP contribution in [0.1, 0.15) is 52.8 Å². The first kappa shape index (κ1) is 17.1. The van der Waals surface area contributed by atoms with Crippen molar-refractivity contribution in [3.8, 4) is 0 Å². The van der Waals surface area contributed by atoms with Crippen molar-refractivity contribution in [1.29, 1.82) is 0 Å². The standard InChI is InChI=1S/C15H30N4O/c1-7-11(2)19-9-8-12(18-19)10-13(17-16)14(20-6)15(3,4)5/h8-9,11,13-14,17H,7,10,16H2,1-6H3. The number of nitrogens with two attached hydrogens (primary N) is 1. The number of hydrogen-bond donors (Lipinski definition) is 2. The molecule has 0 spiro atoms. The fourth-order valence-corrected chi connectivity index (χ4v) is 2.52. The van der Waals surface area contributed by atoms with Gasteiger partial charge in [-0.2, -0.15) is 5.10 Å². The second-order valence-electron chi connectivity index (χ2n) is 6.54. The normalized spacial score (nSPS) is 16.9. The topological polar surface area (TPSA) is 65.1 Å². The summed E-state index contributed by atoms with van der Waals surface area (Å²) in [6.45, 7) is 10.8. The molecule has 5 heteroatoms. The average Bonchev–Trinajstić information content (AvgIpc) is 2.84. The second-order valence-corrected chi connectivity index (χ2v) is 6.54. The Labute approximate surface area is 122 Å². The number of ether oxygens (including phenoxy) is 1. The molecule has 0 saturated carbocycles. The molecule has 20 heavy (non-hydrogen) atoms. The summed E-state index contributed by atoms with van der Waals surface area (Å²) in [6.07, 6.45) is 3.90. The predicted molar refractivity (Wildman–Crippen MR) is 82.3 cm³/mol. The molecule has 3 unspecified atom stereocenters. The van der Waals surface area contributed by atoms with Gasteiger partial charge in [0.05, 0.1) is 17.8 Å². The maximum atomic E-state index is 5.72. The molecule has 116 valence electrons. The zero-order chi connectivity index (χ0) is 15.3. The highest BCUT2D eigenvalue weighted by Gasteiger charge is 2.32. The minimum absolute atomic E-state index is 0.0189. The molecule has 5 nitrogen and oxygen atoms in total. The minimum Gasteiger partial charge on any atom is -0.379 e. The van der Waals surface area contributed by atoms with Gasteiger partial charge in [-0.3, -0.25) is 16.0 Å². The molecule has 0 amide bonds. The highest BCUT2D eigenvalue weighted by atomic mass is 16.5. The van der Waals surface area contributed by atoms with Crippen LogP contribution in [-0.2, 0) is 11.2 Å². The van der Waals surface area contributed by atoms with Crippen molar-refractivity contribution in [3.05, 3.63) is 18.0 Å². The van der Waals surface area contributed by atoms with Crippen LogP contribution in [0, 0.1) is 5.41 Å². The van der Waals surface area contributed by atoms with Crippen LogP contribution in [0.15, 0.2) is 12.3 Å². The van der Waals surface area contributed by atoms with Gasteiger partial charge in [0.15, 0.2) is 0 Å². The third kappa shape index (κ3) is 4.30. The fourth-order valence-electron chi connectivity index (χ4n) is 2.52. The Hall–Kier alpha value is -0.910. The van der Waals surface area contributed by atoms with E-state index in [9.17, 15) is 0 Å². The molecule has 0 radical (unpaired) electrons. The Kier molecular flexibility index (Phi) is 6.17. The smallest absolute Gasteiger partial charge is 0.0789 e. The first-order valence-electron chi connectivity index (χ1n) is 7.36. The van der Waals surface area contributed by atoms with Crippen molar-refractivity contribution >= 4 is 0 Å². The van der Waals surface area contributed by atoms with Gasteiger partial charge in [0.25, 0.3) is 0 Å². The highest BCUT2D eigenvalue weighted by Crippen LogP contribution is 2.25. The van der Waals surface area contributed by atoms with Crippen molar-refractivity contribution in [2.45, 2.75) is 65.6 Å². The third-order valence-corrected chi connectivity index (χ3v) is 3.82. The Morgan fingerprint density at radius 1 is 1.45 bits per heavy atom. The number of aromatic nitrogens is 2. The summed E-state index contributed by atoms with van der Waals surface area (Å²) in [5.74, 6) is 5.72. The SMILES string of the molecule is CCC(C)n1ccc(CC(NN)C(OC)C(C)(C)C)n1. The Morgan fingerprint density at radius 2 is 2.10 bits per heavy atom. The molecule has 1 rings (SSSR count). The van der Waals surface area contributed by atoms with Crippen LogP contribution < -0.4 is 11.3 Å². The third-order valence-electron chi connectivity index (χ3n) is 3.82. The Bertz CT molecular complexity index is 397. The van der Waals surface area contributed by atoms with Gasteiger partial charge in [-0.1, -0.05) is 27.7 Å². The lowest BCUT2D eigenvalue weighted by Crippen LogP contribution is -2.51. The van der Waals surface area contributed by atoms with Crippen molar-refractivity contribution in [2.75, 3.05) is 7.11 Å². The van der Waals surface area contributed by atoms with Gasteiger partial charge in [0.1, 0.15) is 0 Å². The molecule has 1 heterocycles. The molecule has 3 atom stereocenters. The molecule has 0 bridgehead atoms. The molecule has 0 aliphatic heterocycles. The van der Waals surface area contributed by atoms with Gasteiger partial charge in [0.2, 0.25) is 0 Å². The van der Waals surface area contributed by atoms with Gasteiger partial charge >= 0.3 is 0 Å². The van der Waals surface area contributed by atoms with Crippen molar-refractivity contribution in [2.24, 2.45) is 11.3 Å². The van der Waals surface area contributed by atoms with Crippen LogP contribution >= 0.6 is 0 Å². The van der Waals surface area contributed by atoms with Crippen LogP contribution in [-0.4, -0.2) is 29.0 Å². The molecule has 0 aliphatic rings. The summed E-state index contributed by atoms with van der Waals surface area (Å²) < 4.78 is 7.65. The van der Waals surface area contributed by atoms with Crippen LogP contribution in [0.25, 0.3) is 0 Å². The van der Waals surface area contributed by atoms with E-state index >= 15 is 0 Å². The second kappa shape index (κ2) is 7.20. The predicted octanol–water partition coefficient (Wildman–Crippen LogP) is 2.29. The number of methoxy groups -OCH3 is 1. The lowest BCUT2D eigenvalue weighted by Gasteiger charge is -2.35. The molecule has 0 aromatic carbocycles.